The third kappa shape index (κ3) is 2.66. The topological polar surface area (TPSA) is 50.5 Å². The molecule has 1 saturated heterocycles. The van der Waals surface area contributed by atoms with E-state index in [-0.39, 0.29) is 16.3 Å². The molecule has 0 saturated carbocycles. The molecule has 4 nitrogen and oxygen atoms in total. The lowest BCUT2D eigenvalue weighted by molar-refractivity contribution is -0.128. The number of nitrogens with zero attached hydrogens (tertiary/aromatic N) is 1. The standard InChI is InChI=1S/C11H13NO3S/c1-8(13)16-10-4-11(14)12(6-10)5-9-2-3-15-7-9/h2-3,7,10H,4-6H2,1H3. The number of hydrogen-bond acceptors (Lipinski definition) is 4. The van der Waals surface area contributed by atoms with Crippen molar-refractivity contribution in [1.82, 2.24) is 4.90 Å². The van der Waals surface area contributed by atoms with Crippen LogP contribution in [0.2, 0.25) is 0 Å². The van der Waals surface area contributed by atoms with E-state index < -0.39 is 0 Å². The Hall–Kier alpha value is -1.23. The van der Waals surface area contributed by atoms with E-state index in [4.69, 9.17) is 4.42 Å². The van der Waals surface area contributed by atoms with E-state index in [2.05, 4.69) is 0 Å². The summed E-state index contributed by atoms with van der Waals surface area (Å²) >= 11 is 1.26. The molecule has 0 N–H and O–H groups in total. The van der Waals surface area contributed by atoms with Crippen LogP contribution in [-0.4, -0.2) is 27.7 Å². The van der Waals surface area contributed by atoms with Crippen molar-refractivity contribution in [2.24, 2.45) is 0 Å². The summed E-state index contributed by atoms with van der Waals surface area (Å²) in [5, 5.41) is 0.180. The van der Waals surface area contributed by atoms with Crippen LogP contribution in [-0.2, 0) is 16.1 Å². The van der Waals surface area contributed by atoms with Crippen LogP contribution >= 0.6 is 11.8 Å². The van der Waals surface area contributed by atoms with Crippen LogP contribution < -0.4 is 0 Å². The predicted molar refractivity (Wildman–Crippen MR) is 60.8 cm³/mol. The summed E-state index contributed by atoms with van der Waals surface area (Å²) in [6.07, 6.45) is 3.69. The van der Waals surface area contributed by atoms with Gasteiger partial charge in [-0.2, -0.15) is 0 Å². The van der Waals surface area contributed by atoms with Crippen molar-refractivity contribution in [2.45, 2.75) is 25.1 Å². The molecule has 0 aromatic carbocycles. The van der Waals surface area contributed by atoms with Crippen molar-refractivity contribution in [2.75, 3.05) is 6.54 Å². The van der Waals surface area contributed by atoms with E-state index in [0.717, 1.165) is 5.56 Å². The first-order valence-corrected chi connectivity index (χ1v) is 5.99. The number of likely N-dealkylation sites (tertiary alicyclic amines) is 1. The Morgan fingerprint density at radius 1 is 1.69 bits per heavy atom. The van der Waals surface area contributed by atoms with Crippen LogP contribution in [0.5, 0.6) is 0 Å². The fourth-order valence-electron chi connectivity index (χ4n) is 1.81. The van der Waals surface area contributed by atoms with Gasteiger partial charge in [0.15, 0.2) is 5.12 Å². The van der Waals surface area contributed by atoms with E-state index in [0.29, 0.717) is 19.5 Å². The van der Waals surface area contributed by atoms with Gasteiger partial charge in [0.2, 0.25) is 5.91 Å². The molecule has 1 aliphatic rings. The Bertz CT molecular complexity index is 388. The molecule has 1 aromatic rings. The first-order chi connectivity index (χ1) is 7.65. The first kappa shape index (κ1) is 11.3. The number of rotatable bonds is 3. The van der Waals surface area contributed by atoms with Crippen LogP contribution in [0.1, 0.15) is 18.9 Å². The summed E-state index contributed by atoms with van der Waals surface area (Å²) in [6.45, 7) is 2.76. The zero-order valence-electron chi connectivity index (χ0n) is 9.01. The average molecular weight is 239 g/mol. The van der Waals surface area contributed by atoms with Gasteiger partial charge in [0.25, 0.3) is 0 Å². The quantitative estimate of drug-likeness (QED) is 0.805. The summed E-state index contributed by atoms with van der Waals surface area (Å²) in [7, 11) is 0. The molecule has 2 heterocycles. The number of thioether (sulfide) groups is 1. The second-order valence-electron chi connectivity index (χ2n) is 3.84. The highest BCUT2D eigenvalue weighted by atomic mass is 32.2. The minimum absolute atomic E-state index is 0.0722. The lowest BCUT2D eigenvalue weighted by atomic mass is 10.3. The van der Waals surface area contributed by atoms with Crippen LogP contribution in [0.25, 0.3) is 0 Å². The van der Waals surface area contributed by atoms with Gasteiger partial charge in [-0.1, -0.05) is 11.8 Å². The van der Waals surface area contributed by atoms with Gasteiger partial charge >= 0.3 is 0 Å². The SMILES string of the molecule is CC(=O)SC1CC(=O)N(Cc2ccoc2)C1. The Morgan fingerprint density at radius 3 is 3.12 bits per heavy atom. The minimum atomic E-state index is 0.0722. The van der Waals surface area contributed by atoms with Crippen molar-refractivity contribution >= 4 is 22.8 Å². The second-order valence-corrected chi connectivity index (χ2v) is 5.32. The van der Waals surface area contributed by atoms with Crippen molar-refractivity contribution in [1.29, 1.82) is 0 Å². The first-order valence-electron chi connectivity index (χ1n) is 5.11. The molecular formula is C11H13NO3S. The number of amides is 1. The summed E-state index contributed by atoms with van der Waals surface area (Å²) < 4.78 is 4.95. The van der Waals surface area contributed by atoms with E-state index in [1.165, 1.54) is 18.7 Å². The van der Waals surface area contributed by atoms with Gasteiger partial charge in [0, 0.05) is 37.2 Å². The molecule has 86 valence electrons. The fraction of sp³-hybridized carbons (Fsp3) is 0.455. The molecule has 0 aliphatic carbocycles. The maximum absolute atomic E-state index is 11.7. The molecule has 0 spiro atoms. The van der Waals surface area contributed by atoms with Gasteiger partial charge in [-0.15, -0.1) is 0 Å². The molecular weight excluding hydrogens is 226 g/mol. The molecule has 16 heavy (non-hydrogen) atoms. The van der Waals surface area contributed by atoms with E-state index in [1.54, 1.807) is 17.4 Å². The van der Waals surface area contributed by atoms with Gasteiger partial charge in [0.05, 0.1) is 12.5 Å². The molecule has 1 amide bonds. The largest absolute Gasteiger partial charge is 0.472 e. The molecule has 1 atom stereocenters. The highest BCUT2D eigenvalue weighted by Crippen LogP contribution is 2.25. The monoisotopic (exact) mass is 239 g/mol. The van der Waals surface area contributed by atoms with Crippen LogP contribution in [0, 0.1) is 0 Å². The molecule has 1 fully saturated rings. The third-order valence-corrected chi connectivity index (χ3v) is 3.45. The van der Waals surface area contributed by atoms with Crippen LogP contribution in [0.4, 0.5) is 0 Å². The Kier molecular flexibility index (Phi) is 3.33. The Labute approximate surface area is 98.0 Å². The zero-order valence-corrected chi connectivity index (χ0v) is 9.83. The molecule has 0 radical (unpaired) electrons. The molecule has 0 bridgehead atoms. The van der Waals surface area contributed by atoms with Crippen molar-refractivity contribution in [3.63, 3.8) is 0 Å². The summed E-state index contributed by atoms with van der Waals surface area (Å²) in [6, 6.07) is 1.85. The Morgan fingerprint density at radius 2 is 2.50 bits per heavy atom. The van der Waals surface area contributed by atoms with Gasteiger partial charge in [-0.3, -0.25) is 9.59 Å². The molecule has 1 unspecified atom stereocenters. The number of carbonyl (C=O) groups is 2. The number of hydrogen-bond donors (Lipinski definition) is 0. The van der Waals surface area contributed by atoms with Gasteiger partial charge < -0.3 is 9.32 Å². The molecule has 1 aromatic heterocycles. The number of furan rings is 1. The van der Waals surface area contributed by atoms with Crippen molar-refractivity contribution < 1.29 is 14.0 Å². The van der Waals surface area contributed by atoms with Gasteiger partial charge in [0.1, 0.15) is 0 Å². The average Bonchev–Trinajstić information content (AvgIpc) is 2.77. The molecule has 1 aliphatic heterocycles. The van der Waals surface area contributed by atoms with Gasteiger partial charge in [-0.25, -0.2) is 0 Å². The van der Waals surface area contributed by atoms with E-state index >= 15 is 0 Å². The van der Waals surface area contributed by atoms with Crippen LogP contribution in [0.3, 0.4) is 0 Å². The highest BCUT2D eigenvalue weighted by Gasteiger charge is 2.30. The highest BCUT2D eigenvalue weighted by molar-refractivity contribution is 8.14. The number of carbonyl (C=O) groups excluding carboxylic acids is 2. The van der Waals surface area contributed by atoms with E-state index in [1.807, 2.05) is 6.07 Å². The van der Waals surface area contributed by atoms with Gasteiger partial charge in [-0.05, 0) is 6.07 Å². The van der Waals surface area contributed by atoms with Crippen molar-refractivity contribution in [3.8, 4) is 0 Å². The second kappa shape index (κ2) is 4.74. The summed E-state index contributed by atoms with van der Waals surface area (Å²) in [5.41, 5.74) is 0.988. The lowest BCUT2D eigenvalue weighted by Gasteiger charge is -2.14. The lowest BCUT2D eigenvalue weighted by Crippen LogP contribution is -2.24. The van der Waals surface area contributed by atoms with Crippen molar-refractivity contribution in [3.05, 3.63) is 24.2 Å². The third-order valence-electron chi connectivity index (χ3n) is 2.47. The minimum Gasteiger partial charge on any atom is -0.472 e. The molecule has 5 heteroatoms. The normalized spacial score (nSPS) is 20.4. The van der Waals surface area contributed by atoms with E-state index in [9.17, 15) is 9.59 Å². The summed E-state index contributed by atoms with van der Waals surface area (Å²) in [5.74, 6) is 0.111. The van der Waals surface area contributed by atoms with Crippen LogP contribution in [0.15, 0.2) is 23.0 Å². The maximum atomic E-state index is 11.7. The summed E-state index contributed by atoms with van der Waals surface area (Å²) in [4.78, 5) is 24.4. The molecule has 2 rings (SSSR count). The zero-order chi connectivity index (χ0) is 11.5. The Balaban J connectivity index is 1.92. The predicted octanol–water partition coefficient (Wildman–Crippen LogP) is 1.66. The smallest absolute Gasteiger partial charge is 0.224 e. The fourth-order valence-corrected chi connectivity index (χ4v) is 2.76. The maximum Gasteiger partial charge on any atom is 0.224 e.